The fourth-order valence-electron chi connectivity index (χ4n) is 1.01. The molecule has 0 saturated carbocycles. The Morgan fingerprint density at radius 2 is 2.33 bits per heavy atom. The number of carbonyl (C=O) groups is 1. The summed E-state index contributed by atoms with van der Waals surface area (Å²) in [5.41, 5.74) is 1.04. The molecule has 0 radical (unpaired) electrons. The Morgan fingerprint density at radius 1 is 1.60 bits per heavy atom. The molecule has 1 rings (SSSR count). The van der Waals surface area contributed by atoms with E-state index in [9.17, 15) is 4.79 Å². The summed E-state index contributed by atoms with van der Waals surface area (Å²) in [4.78, 5) is 10.6. The molecule has 0 aliphatic heterocycles. The second kappa shape index (κ2) is 5.93. The molecule has 0 saturated heterocycles. The Hall–Kier alpha value is -0.800. The van der Waals surface area contributed by atoms with Crippen molar-refractivity contribution in [2.24, 2.45) is 0 Å². The molecular formula is C11H11BrClNO. The average Bonchev–Trinajstić information content (AvgIpc) is 2.18. The van der Waals surface area contributed by atoms with Crippen molar-refractivity contribution in [2.75, 3.05) is 6.54 Å². The van der Waals surface area contributed by atoms with Gasteiger partial charge in [-0.05, 0) is 33.6 Å². The fourth-order valence-corrected chi connectivity index (χ4v) is 1.53. The summed E-state index contributed by atoms with van der Waals surface area (Å²) in [7, 11) is 0. The molecule has 1 amide bonds. The van der Waals surface area contributed by atoms with Gasteiger partial charge in [-0.2, -0.15) is 0 Å². The molecule has 15 heavy (non-hydrogen) atoms. The third kappa shape index (κ3) is 4.49. The SMILES string of the molecule is CC(=O)NCC=Cc1ccc(Cl)c(Br)c1. The molecule has 1 aromatic rings. The fraction of sp³-hybridized carbons (Fsp3) is 0.182. The molecule has 0 aromatic heterocycles. The van der Waals surface area contributed by atoms with E-state index in [-0.39, 0.29) is 5.91 Å². The van der Waals surface area contributed by atoms with Crippen molar-refractivity contribution in [2.45, 2.75) is 6.92 Å². The van der Waals surface area contributed by atoms with E-state index in [0.717, 1.165) is 10.0 Å². The van der Waals surface area contributed by atoms with E-state index in [4.69, 9.17) is 11.6 Å². The first kappa shape index (κ1) is 12.3. The van der Waals surface area contributed by atoms with Crippen molar-refractivity contribution in [3.63, 3.8) is 0 Å². The highest BCUT2D eigenvalue weighted by molar-refractivity contribution is 9.10. The number of hydrogen-bond acceptors (Lipinski definition) is 1. The predicted molar refractivity (Wildman–Crippen MR) is 66.9 cm³/mol. The summed E-state index contributed by atoms with van der Waals surface area (Å²) in [5.74, 6) is -0.0306. The van der Waals surface area contributed by atoms with E-state index in [1.165, 1.54) is 6.92 Å². The van der Waals surface area contributed by atoms with Gasteiger partial charge in [0.2, 0.25) is 5.91 Å². The van der Waals surface area contributed by atoms with Crippen LogP contribution in [0.5, 0.6) is 0 Å². The molecule has 0 aliphatic carbocycles. The highest BCUT2D eigenvalue weighted by Gasteiger charge is 1.95. The molecule has 0 bridgehead atoms. The summed E-state index contributed by atoms with van der Waals surface area (Å²) in [6.07, 6.45) is 3.81. The molecule has 0 atom stereocenters. The normalized spacial score (nSPS) is 10.6. The van der Waals surface area contributed by atoms with Crippen molar-refractivity contribution >= 4 is 39.5 Å². The molecular weight excluding hydrogens is 277 g/mol. The Labute approximate surface area is 102 Å². The lowest BCUT2D eigenvalue weighted by atomic mass is 10.2. The highest BCUT2D eigenvalue weighted by atomic mass is 79.9. The second-order valence-electron chi connectivity index (χ2n) is 3.01. The van der Waals surface area contributed by atoms with Gasteiger partial charge in [0.05, 0.1) is 5.02 Å². The zero-order chi connectivity index (χ0) is 11.3. The number of hydrogen-bond donors (Lipinski definition) is 1. The maximum Gasteiger partial charge on any atom is 0.217 e. The largest absolute Gasteiger partial charge is 0.353 e. The van der Waals surface area contributed by atoms with Crippen LogP contribution in [0, 0.1) is 0 Å². The van der Waals surface area contributed by atoms with Gasteiger partial charge in [-0.3, -0.25) is 4.79 Å². The zero-order valence-electron chi connectivity index (χ0n) is 8.26. The van der Waals surface area contributed by atoms with Crippen molar-refractivity contribution in [3.8, 4) is 0 Å². The Morgan fingerprint density at radius 3 is 2.93 bits per heavy atom. The van der Waals surface area contributed by atoms with Gasteiger partial charge in [0.1, 0.15) is 0 Å². The van der Waals surface area contributed by atoms with Crippen molar-refractivity contribution < 1.29 is 4.79 Å². The smallest absolute Gasteiger partial charge is 0.217 e. The Bertz CT molecular complexity index is 390. The molecule has 0 unspecified atom stereocenters. The summed E-state index contributed by atoms with van der Waals surface area (Å²) < 4.78 is 0.867. The van der Waals surface area contributed by atoms with Gasteiger partial charge in [0, 0.05) is 17.9 Å². The first-order chi connectivity index (χ1) is 7.09. The number of nitrogens with one attached hydrogen (secondary N) is 1. The molecule has 0 spiro atoms. The standard InChI is InChI=1S/C11H11BrClNO/c1-8(15)14-6-2-3-9-4-5-11(13)10(12)7-9/h2-5,7H,6H2,1H3,(H,14,15). The second-order valence-corrected chi connectivity index (χ2v) is 4.27. The van der Waals surface area contributed by atoms with Gasteiger partial charge in [-0.15, -0.1) is 0 Å². The monoisotopic (exact) mass is 287 g/mol. The summed E-state index contributed by atoms with van der Waals surface area (Å²) >= 11 is 9.20. The third-order valence-electron chi connectivity index (χ3n) is 1.72. The minimum absolute atomic E-state index is 0.0306. The van der Waals surface area contributed by atoms with Crippen molar-refractivity contribution in [1.29, 1.82) is 0 Å². The lowest BCUT2D eigenvalue weighted by molar-refractivity contribution is -0.118. The third-order valence-corrected chi connectivity index (χ3v) is 2.94. The number of rotatable bonds is 3. The van der Waals surface area contributed by atoms with Crippen LogP contribution in [0.2, 0.25) is 5.02 Å². The van der Waals surface area contributed by atoms with Crippen molar-refractivity contribution in [3.05, 3.63) is 39.3 Å². The molecule has 2 nitrogen and oxygen atoms in total. The summed E-state index contributed by atoms with van der Waals surface area (Å²) in [6.45, 7) is 2.03. The summed E-state index contributed by atoms with van der Waals surface area (Å²) in [6, 6.07) is 5.66. The zero-order valence-corrected chi connectivity index (χ0v) is 10.6. The van der Waals surface area contributed by atoms with Crippen LogP contribution in [0.4, 0.5) is 0 Å². The lowest BCUT2D eigenvalue weighted by Gasteiger charge is -1.98. The summed E-state index contributed by atoms with van der Waals surface area (Å²) in [5, 5.41) is 3.37. The van der Waals surface area contributed by atoms with E-state index in [0.29, 0.717) is 11.6 Å². The maximum atomic E-state index is 10.6. The molecule has 1 aromatic carbocycles. The predicted octanol–water partition coefficient (Wildman–Crippen LogP) is 3.25. The minimum Gasteiger partial charge on any atom is -0.353 e. The van der Waals surface area contributed by atoms with E-state index in [1.54, 1.807) is 0 Å². The Balaban J connectivity index is 2.57. The number of amides is 1. The average molecular weight is 289 g/mol. The number of halogens is 2. The molecule has 80 valence electrons. The topological polar surface area (TPSA) is 29.1 Å². The first-order valence-corrected chi connectivity index (χ1v) is 5.62. The molecule has 0 fully saturated rings. The molecule has 1 N–H and O–H groups in total. The van der Waals surface area contributed by atoms with Crippen LogP contribution in [0.25, 0.3) is 6.08 Å². The lowest BCUT2D eigenvalue weighted by Crippen LogP contribution is -2.19. The van der Waals surface area contributed by atoms with Gasteiger partial charge in [0.25, 0.3) is 0 Å². The van der Waals surface area contributed by atoms with E-state index in [1.807, 2.05) is 30.4 Å². The number of benzene rings is 1. The van der Waals surface area contributed by atoms with Crippen LogP contribution in [-0.4, -0.2) is 12.5 Å². The maximum absolute atomic E-state index is 10.6. The van der Waals surface area contributed by atoms with Crippen LogP contribution < -0.4 is 5.32 Å². The van der Waals surface area contributed by atoms with E-state index < -0.39 is 0 Å². The van der Waals surface area contributed by atoms with Gasteiger partial charge < -0.3 is 5.32 Å². The molecule has 4 heteroatoms. The van der Waals surface area contributed by atoms with Gasteiger partial charge in [-0.25, -0.2) is 0 Å². The molecule has 0 heterocycles. The van der Waals surface area contributed by atoms with Crippen LogP contribution in [0.1, 0.15) is 12.5 Å². The van der Waals surface area contributed by atoms with E-state index >= 15 is 0 Å². The highest BCUT2D eigenvalue weighted by Crippen LogP contribution is 2.23. The van der Waals surface area contributed by atoms with Gasteiger partial charge >= 0.3 is 0 Å². The first-order valence-electron chi connectivity index (χ1n) is 4.45. The minimum atomic E-state index is -0.0306. The van der Waals surface area contributed by atoms with Gasteiger partial charge in [0.15, 0.2) is 0 Å². The van der Waals surface area contributed by atoms with Gasteiger partial charge in [-0.1, -0.05) is 29.8 Å². The quantitative estimate of drug-likeness (QED) is 0.909. The van der Waals surface area contributed by atoms with E-state index in [2.05, 4.69) is 21.2 Å². The van der Waals surface area contributed by atoms with Crippen LogP contribution in [0.15, 0.2) is 28.7 Å². The van der Waals surface area contributed by atoms with Crippen LogP contribution >= 0.6 is 27.5 Å². The van der Waals surface area contributed by atoms with Crippen LogP contribution in [0.3, 0.4) is 0 Å². The Kier molecular flexibility index (Phi) is 4.85. The molecule has 0 aliphatic rings. The number of carbonyl (C=O) groups excluding carboxylic acids is 1. The van der Waals surface area contributed by atoms with Crippen molar-refractivity contribution in [1.82, 2.24) is 5.32 Å². The van der Waals surface area contributed by atoms with Crippen LogP contribution in [-0.2, 0) is 4.79 Å².